The molecule has 2 aliphatic heterocycles. The highest BCUT2D eigenvalue weighted by molar-refractivity contribution is 5.93. The molecule has 0 radical (unpaired) electrons. The Bertz CT molecular complexity index is 667. The number of nitrogens with zero attached hydrogens (tertiary/aromatic N) is 1. The van der Waals surface area contributed by atoms with Crippen LogP contribution in [0.3, 0.4) is 0 Å². The van der Waals surface area contributed by atoms with Crippen molar-refractivity contribution in [2.24, 2.45) is 17.8 Å². The monoisotopic (exact) mass is 330 g/mol. The number of carbonyl (C=O) groups is 2. The summed E-state index contributed by atoms with van der Waals surface area (Å²) < 4.78 is 10.6. The van der Waals surface area contributed by atoms with Crippen LogP contribution < -0.4 is 14.8 Å². The summed E-state index contributed by atoms with van der Waals surface area (Å²) in [6.45, 7) is 3.70. The van der Waals surface area contributed by atoms with Crippen molar-refractivity contribution < 1.29 is 19.1 Å². The van der Waals surface area contributed by atoms with Crippen LogP contribution in [0.25, 0.3) is 0 Å². The highest BCUT2D eigenvalue weighted by Gasteiger charge is 2.42. The molecule has 3 aliphatic rings. The van der Waals surface area contributed by atoms with Crippen molar-refractivity contribution in [1.82, 2.24) is 4.90 Å². The van der Waals surface area contributed by atoms with E-state index in [-0.39, 0.29) is 30.4 Å². The smallest absolute Gasteiger partial charge is 0.231 e. The fraction of sp³-hybridized carbons (Fsp3) is 0.556. The Kier molecular flexibility index (Phi) is 3.82. The van der Waals surface area contributed by atoms with E-state index in [4.69, 9.17) is 9.47 Å². The van der Waals surface area contributed by atoms with Gasteiger partial charge in [-0.15, -0.1) is 0 Å². The second kappa shape index (κ2) is 6.00. The van der Waals surface area contributed by atoms with Crippen LogP contribution in [0.5, 0.6) is 11.5 Å². The Morgan fingerprint density at radius 1 is 1.17 bits per heavy atom. The molecular weight excluding hydrogens is 308 g/mol. The normalized spacial score (nSPS) is 25.5. The van der Waals surface area contributed by atoms with Crippen molar-refractivity contribution in [3.05, 3.63) is 18.2 Å². The molecule has 2 heterocycles. The largest absolute Gasteiger partial charge is 0.454 e. The van der Waals surface area contributed by atoms with Gasteiger partial charge in [-0.05, 0) is 37.3 Å². The van der Waals surface area contributed by atoms with Crippen LogP contribution in [-0.4, -0.2) is 36.6 Å². The minimum Gasteiger partial charge on any atom is -0.454 e. The second-order valence-corrected chi connectivity index (χ2v) is 6.98. The molecule has 1 saturated heterocycles. The van der Waals surface area contributed by atoms with Crippen LogP contribution in [0.15, 0.2) is 18.2 Å². The van der Waals surface area contributed by atoms with Gasteiger partial charge in [0.25, 0.3) is 0 Å². The van der Waals surface area contributed by atoms with Crippen molar-refractivity contribution in [2.75, 3.05) is 25.2 Å². The lowest BCUT2D eigenvalue weighted by Gasteiger charge is -2.31. The number of nitrogens with one attached hydrogen (secondary N) is 1. The third-order valence-corrected chi connectivity index (χ3v) is 5.24. The molecule has 1 aliphatic carbocycles. The molecule has 1 N–H and O–H groups in total. The molecule has 1 aromatic rings. The first kappa shape index (κ1) is 15.3. The minimum absolute atomic E-state index is 0.0146. The Labute approximate surface area is 141 Å². The molecule has 24 heavy (non-hydrogen) atoms. The number of hydrogen-bond acceptors (Lipinski definition) is 4. The third kappa shape index (κ3) is 2.92. The molecule has 6 nitrogen and oxygen atoms in total. The molecule has 0 bridgehead atoms. The quantitative estimate of drug-likeness (QED) is 0.923. The fourth-order valence-electron chi connectivity index (χ4n) is 3.48. The van der Waals surface area contributed by atoms with E-state index in [1.807, 2.05) is 11.0 Å². The van der Waals surface area contributed by atoms with E-state index in [0.717, 1.165) is 24.9 Å². The highest BCUT2D eigenvalue weighted by Crippen LogP contribution is 2.40. The van der Waals surface area contributed by atoms with Gasteiger partial charge < -0.3 is 19.7 Å². The first-order valence-corrected chi connectivity index (χ1v) is 8.61. The fourth-order valence-corrected chi connectivity index (χ4v) is 3.48. The summed E-state index contributed by atoms with van der Waals surface area (Å²) >= 11 is 0. The summed E-state index contributed by atoms with van der Waals surface area (Å²) in [6, 6.07) is 5.40. The van der Waals surface area contributed by atoms with Crippen molar-refractivity contribution in [2.45, 2.75) is 26.2 Å². The third-order valence-electron chi connectivity index (χ3n) is 5.24. The second-order valence-electron chi connectivity index (χ2n) is 6.98. The predicted molar refractivity (Wildman–Crippen MR) is 87.8 cm³/mol. The SMILES string of the molecule is CC1CC1C(=O)N1CCC(C(=O)Nc2ccc3c(c2)OCO3)CC1. The van der Waals surface area contributed by atoms with E-state index in [2.05, 4.69) is 12.2 Å². The number of fused-ring (bicyclic) bond motifs is 1. The average Bonchev–Trinajstić information content (AvgIpc) is 3.14. The van der Waals surface area contributed by atoms with Gasteiger partial charge in [-0.1, -0.05) is 6.92 Å². The van der Waals surface area contributed by atoms with E-state index in [0.29, 0.717) is 30.5 Å². The zero-order valence-electron chi connectivity index (χ0n) is 13.8. The van der Waals surface area contributed by atoms with E-state index < -0.39 is 0 Å². The van der Waals surface area contributed by atoms with Crippen molar-refractivity contribution in [3.63, 3.8) is 0 Å². The first-order chi connectivity index (χ1) is 11.6. The van der Waals surface area contributed by atoms with E-state index in [1.165, 1.54) is 0 Å². The molecule has 2 fully saturated rings. The maximum atomic E-state index is 12.5. The molecule has 1 aromatic carbocycles. The van der Waals surface area contributed by atoms with Gasteiger partial charge in [-0.3, -0.25) is 9.59 Å². The number of amides is 2. The Balaban J connectivity index is 1.31. The highest BCUT2D eigenvalue weighted by atomic mass is 16.7. The average molecular weight is 330 g/mol. The van der Waals surface area contributed by atoms with E-state index in [9.17, 15) is 9.59 Å². The molecule has 0 spiro atoms. The summed E-state index contributed by atoms with van der Waals surface area (Å²) in [4.78, 5) is 26.6. The Hall–Kier alpha value is -2.24. The lowest BCUT2D eigenvalue weighted by molar-refractivity contribution is -0.136. The maximum Gasteiger partial charge on any atom is 0.231 e. The minimum atomic E-state index is -0.0453. The number of rotatable bonds is 3. The molecule has 4 rings (SSSR count). The van der Waals surface area contributed by atoms with Crippen LogP contribution in [0, 0.1) is 17.8 Å². The Morgan fingerprint density at radius 2 is 1.88 bits per heavy atom. The summed E-state index contributed by atoms with van der Waals surface area (Å²) in [5.41, 5.74) is 0.717. The molecule has 2 unspecified atom stereocenters. The van der Waals surface area contributed by atoms with E-state index >= 15 is 0 Å². The van der Waals surface area contributed by atoms with Crippen LogP contribution in [0.1, 0.15) is 26.2 Å². The van der Waals surface area contributed by atoms with Crippen LogP contribution in [0.4, 0.5) is 5.69 Å². The lowest BCUT2D eigenvalue weighted by Crippen LogP contribution is -2.42. The van der Waals surface area contributed by atoms with Gasteiger partial charge in [0.2, 0.25) is 18.6 Å². The number of hydrogen-bond donors (Lipinski definition) is 1. The lowest BCUT2D eigenvalue weighted by atomic mass is 9.95. The standard InChI is InChI=1S/C18H22N2O4/c1-11-8-14(11)18(22)20-6-4-12(5-7-20)17(21)19-13-2-3-15-16(9-13)24-10-23-15/h2-3,9,11-12,14H,4-8,10H2,1H3,(H,19,21). The van der Waals surface area contributed by atoms with Crippen molar-refractivity contribution in [1.29, 1.82) is 0 Å². The number of likely N-dealkylation sites (tertiary alicyclic amines) is 1. The van der Waals surface area contributed by atoms with Crippen molar-refractivity contribution in [3.8, 4) is 11.5 Å². The number of benzene rings is 1. The molecule has 1 saturated carbocycles. The molecule has 0 aromatic heterocycles. The van der Waals surface area contributed by atoms with Crippen molar-refractivity contribution >= 4 is 17.5 Å². The predicted octanol–water partition coefficient (Wildman–Crippen LogP) is 2.25. The maximum absolute atomic E-state index is 12.5. The molecule has 2 atom stereocenters. The van der Waals surface area contributed by atoms with Gasteiger partial charge in [0, 0.05) is 36.7 Å². The topological polar surface area (TPSA) is 67.9 Å². The van der Waals surface area contributed by atoms with Crippen LogP contribution >= 0.6 is 0 Å². The van der Waals surface area contributed by atoms with Gasteiger partial charge in [-0.2, -0.15) is 0 Å². The molecule has 128 valence electrons. The molecular formula is C18H22N2O4. The first-order valence-electron chi connectivity index (χ1n) is 8.61. The zero-order chi connectivity index (χ0) is 16.7. The number of ether oxygens (including phenoxy) is 2. The number of piperidine rings is 1. The summed E-state index contributed by atoms with van der Waals surface area (Å²) in [5.74, 6) is 2.36. The molecule has 2 amide bonds. The van der Waals surface area contributed by atoms with E-state index in [1.54, 1.807) is 12.1 Å². The number of anilines is 1. The van der Waals surface area contributed by atoms with Gasteiger partial charge in [-0.25, -0.2) is 0 Å². The summed E-state index contributed by atoms with van der Waals surface area (Å²) in [5, 5.41) is 2.95. The van der Waals surface area contributed by atoms with Gasteiger partial charge >= 0.3 is 0 Å². The summed E-state index contributed by atoms with van der Waals surface area (Å²) in [6.07, 6.45) is 2.47. The molecule has 6 heteroatoms. The number of carbonyl (C=O) groups excluding carboxylic acids is 2. The van der Waals surface area contributed by atoms with Gasteiger partial charge in [0.1, 0.15) is 0 Å². The van der Waals surface area contributed by atoms with Gasteiger partial charge in [0.05, 0.1) is 0 Å². The summed E-state index contributed by atoms with van der Waals surface area (Å²) in [7, 11) is 0. The Morgan fingerprint density at radius 3 is 2.58 bits per heavy atom. The van der Waals surface area contributed by atoms with Crippen LogP contribution in [0.2, 0.25) is 0 Å². The van der Waals surface area contributed by atoms with Gasteiger partial charge in [0.15, 0.2) is 11.5 Å². The van der Waals surface area contributed by atoms with Crippen LogP contribution in [-0.2, 0) is 9.59 Å². The zero-order valence-corrected chi connectivity index (χ0v) is 13.8.